The van der Waals surface area contributed by atoms with Crippen molar-refractivity contribution in [1.29, 1.82) is 5.26 Å². The third-order valence-corrected chi connectivity index (χ3v) is 3.79. The van der Waals surface area contributed by atoms with Crippen LogP contribution in [0.3, 0.4) is 0 Å². The van der Waals surface area contributed by atoms with Crippen molar-refractivity contribution in [2.45, 2.75) is 6.92 Å². The number of anilines is 1. The van der Waals surface area contributed by atoms with Gasteiger partial charge in [-0.05, 0) is 42.8 Å². The highest BCUT2D eigenvalue weighted by molar-refractivity contribution is 5.80. The number of benzene rings is 2. The number of hydrogen-bond acceptors (Lipinski definition) is 4. The smallest absolute Gasteiger partial charge is 0.142 e. The summed E-state index contributed by atoms with van der Waals surface area (Å²) in [7, 11) is 0. The van der Waals surface area contributed by atoms with E-state index < -0.39 is 5.82 Å². The quantitative estimate of drug-likeness (QED) is 0.768. The first kappa shape index (κ1) is 16.5. The lowest BCUT2D eigenvalue weighted by atomic mass is 9.98. The molecule has 3 aromatic rings. The highest BCUT2D eigenvalue weighted by Crippen LogP contribution is 2.32. The fourth-order valence-corrected chi connectivity index (χ4v) is 2.61. The number of rotatable bonds is 4. The van der Waals surface area contributed by atoms with Crippen LogP contribution in [0.1, 0.15) is 12.5 Å². The molecule has 0 fully saturated rings. The molecule has 0 saturated carbocycles. The summed E-state index contributed by atoms with van der Waals surface area (Å²) in [5.74, 6) is 0.421. The molecule has 0 amide bonds. The van der Waals surface area contributed by atoms with Gasteiger partial charge in [-0.25, -0.2) is 9.37 Å². The van der Waals surface area contributed by atoms with Crippen LogP contribution in [0.2, 0.25) is 0 Å². The molecular weight excluding hydrogens is 317 g/mol. The maximum atomic E-state index is 14.1. The number of nitriles is 1. The Morgan fingerprint density at radius 2 is 1.84 bits per heavy atom. The minimum absolute atomic E-state index is 0.0761. The molecule has 0 atom stereocenters. The Kier molecular flexibility index (Phi) is 4.62. The summed E-state index contributed by atoms with van der Waals surface area (Å²) in [6, 6.07) is 17.4. The van der Waals surface area contributed by atoms with E-state index in [-0.39, 0.29) is 11.4 Å². The molecule has 0 bridgehead atoms. The third-order valence-electron chi connectivity index (χ3n) is 3.79. The lowest BCUT2D eigenvalue weighted by Gasteiger charge is -2.11. The molecule has 2 aromatic carbocycles. The molecule has 0 aliphatic rings. The Morgan fingerprint density at radius 3 is 2.48 bits per heavy atom. The number of aromatic nitrogens is 1. The first-order valence-electron chi connectivity index (χ1n) is 7.82. The maximum absolute atomic E-state index is 14.1. The molecule has 0 aliphatic carbocycles. The topological polar surface area (TPSA) is 71.9 Å². The van der Waals surface area contributed by atoms with Gasteiger partial charge in [0.05, 0.1) is 12.3 Å². The van der Waals surface area contributed by atoms with Gasteiger partial charge in [0.1, 0.15) is 29.0 Å². The van der Waals surface area contributed by atoms with E-state index in [1.165, 1.54) is 6.07 Å². The van der Waals surface area contributed by atoms with Crippen LogP contribution in [0.15, 0.2) is 54.6 Å². The number of nitrogens with two attached hydrogens (primary N) is 1. The van der Waals surface area contributed by atoms with Crippen LogP contribution >= 0.6 is 0 Å². The molecule has 0 radical (unpaired) electrons. The normalized spacial score (nSPS) is 10.3. The molecule has 0 aliphatic heterocycles. The van der Waals surface area contributed by atoms with Gasteiger partial charge < -0.3 is 10.5 Å². The van der Waals surface area contributed by atoms with E-state index in [9.17, 15) is 9.65 Å². The van der Waals surface area contributed by atoms with Crippen molar-refractivity contribution in [3.05, 3.63) is 66.0 Å². The van der Waals surface area contributed by atoms with Crippen molar-refractivity contribution in [3.63, 3.8) is 0 Å². The van der Waals surface area contributed by atoms with Crippen LogP contribution in [0, 0.1) is 17.1 Å². The summed E-state index contributed by atoms with van der Waals surface area (Å²) in [5.41, 5.74) is 8.34. The Hall–Kier alpha value is -3.39. The lowest BCUT2D eigenvalue weighted by molar-refractivity contribution is 0.340. The predicted octanol–water partition coefficient (Wildman–Crippen LogP) is 4.41. The van der Waals surface area contributed by atoms with E-state index in [0.29, 0.717) is 23.4 Å². The van der Waals surface area contributed by atoms with Gasteiger partial charge in [-0.15, -0.1) is 0 Å². The highest BCUT2D eigenvalue weighted by atomic mass is 19.1. The summed E-state index contributed by atoms with van der Waals surface area (Å²) >= 11 is 0. The van der Waals surface area contributed by atoms with E-state index in [1.54, 1.807) is 24.3 Å². The van der Waals surface area contributed by atoms with E-state index in [4.69, 9.17) is 10.5 Å². The predicted molar refractivity (Wildman–Crippen MR) is 95.4 cm³/mol. The average Bonchev–Trinajstić information content (AvgIpc) is 2.62. The van der Waals surface area contributed by atoms with Crippen molar-refractivity contribution in [2.75, 3.05) is 12.3 Å². The molecule has 1 heterocycles. The molecule has 1 aromatic heterocycles. The summed E-state index contributed by atoms with van der Waals surface area (Å²) in [6.07, 6.45) is 0. The summed E-state index contributed by atoms with van der Waals surface area (Å²) in [6.45, 7) is 2.48. The van der Waals surface area contributed by atoms with Crippen molar-refractivity contribution in [2.24, 2.45) is 0 Å². The highest BCUT2D eigenvalue weighted by Gasteiger charge is 2.15. The first-order chi connectivity index (χ1) is 12.1. The molecule has 4 nitrogen and oxygen atoms in total. The van der Waals surface area contributed by atoms with E-state index in [0.717, 1.165) is 11.3 Å². The SMILES string of the molecule is CCOc1ccc(-c2cc(-c3ccccc3F)nc(N)c2C#N)cc1. The van der Waals surface area contributed by atoms with Crippen LogP contribution in [-0.2, 0) is 0 Å². The summed E-state index contributed by atoms with van der Waals surface area (Å²) in [4.78, 5) is 4.20. The second-order valence-corrected chi connectivity index (χ2v) is 5.36. The number of nitrogen functional groups attached to an aromatic ring is 1. The van der Waals surface area contributed by atoms with Gasteiger partial charge in [0.2, 0.25) is 0 Å². The van der Waals surface area contributed by atoms with Crippen molar-refractivity contribution in [3.8, 4) is 34.2 Å². The maximum Gasteiger partial charge on any atom is 0.142 e. The molecule has 2 N–H and O–H groups in total. The van der Waals surface area contributed by atoms with Gasteiger partial charge in [0.25, 0.3) is 0 Å². The first-order valence-corrected chi connectivity index (χ1v) is 7.82. The Bertz CT molecular complexity index is 946. The second kappa shape index (κ2) is 7.02. The second-order valence-electron chi connectivity index (χ2n) is 5.36. The molecule has 25 heavy (non-hydrogen) atoms. The summed E-state index contributed by atoms with van der Waals surface area (Å²) < 4.78 is 19.5. The molecule has 0 spiro atoms. The van der Waals surface area contributed by atoms with Crippen LogP contribution in [0.25, 0.3) is 22.4 Å². The van der Waals surface area contributed by atoms with Gasteiger partial charge in [0.15, 0.2) is 0 Å². The molecule has 0 unspecified atom stereocenters. The summed E-state index contributed by atoms with van der Waals surface area (Å²) in [5, 5.41) is 9.45. The number of hydrogen-bond donors (Lipinski definition) is 1. The zero-order valence-electron chi connectivity index (χ0n) is 13.7. The van der Waals surface area contributed by atoms with Crippen molar-refractivity contribution >= 4 is 5.82 Å². The molecule has 124 valence electrons. The van der Waals surface area contributed by atoms with Gasteiger partial charge in [-0.3, -0.25) is 0 Å². The standard InChI is InChI=1S/C20H16FN3O/c1-2-25-14-9-7-13(8-10-14)16-11-19(24-20(23)17(16)12-22)15-5-3-4-6-18(15)21/h3-11H,2H2,1H3,(H2,23,24). The molecule has 3 rings (SSSR count). The fourth-order valence-electron chi connectivity index (χ4n) is 2.61. The minimum Gasteiger partial charge on any atom is -0.494 e. The van der Waals surface area contributed by atoms with E-state index in [2.05, 4.69) is 11.1 Å². The van der Waals surface area contributed by atoms with E-state index >= 15 is 0 Å². The third kappa shape index (κ3) is 3.29. The zero-order chi connectivity index (χ0) is 17.8. The van der Waals surface area contributed by atoms with Gasteiger partial charge in [-0.2, -0.15) is 5.26 Å². The minimum atomic E-state index is -0.392. The molecule has 5 heteroatoms. The number of halogens is 1. The average molecular weight is 333 g/mol. The monoisotopic (exact) mass is 333 g/mol. The van der Waals surface area contributed by atoms with Crippen LogP contribution < -0.4 is 10.5 Å². The fraction of sp³-hybridized carbons (Fsp3) is 0.100. The van der Waals surface area contributed by atoms with Crippen LogP contribution in [-0.4, -0.2) is 11.6 Å². The lowest BCUT2D eigenvalue weighted by Crippen LogP contribution is -2.00. The van der Waals surface area contributed by atoms with E-state index in [1.807, 2.05) is 31.2 Å². The Labute approximate surface area is 145 Å². The van der Waals surface area contributed by atoms with Crippen LogP contribution in [0.4, 0.5) is 10.2 Å². The van der Waals surface area contributed by atoms with Gasteiger partial charge in [0, 0.05) is 11.1 Å². The number of nitrogens with zero attached hydrogens (tertiary/aromatic N) is 2. The van der Waals surface area contributed by atoms with Crippen LogP contribution in [0.5, 0.6) is 5.75 Å². The molecule has 0 saturated heterocycles. The number of pyridine rings is 1. The van der Waals surface area contributed by atoms with Crippen molar-refractivity contribution in [1.82, 2.24) is 4.98 Å². The Morgan fingerprint density at radius 1 is 1.12 bits per heavy atom. The number of ether oxygens (including phenoxy) is 1. The molecular formula is C20H16FN3O. The van der Waals surface area contributed by atoms with Crippen molar-refractivity contribution < 1.29 is 9.13 Å². The zero-order valence-corrected chi connectivity index (χ0v) is 13.7. The van der Waals surface area contributed by atoms with Gasteiger partial charge in [-0.1, -0.05) is 24.3 Å². The Balaban J connectivity index is 2.15. The van der Waals surface area contributed by atoms with Gasteiger partial charge >= 0.3 is 0 Å². The largest absolute Gasteiger partial charge is 0.494 e.